The van der Waals surface area contributed by atoms with Crippen LogP contribution in [0.1, 0.15) is 24.5 Å². The zero-order valence-electron chi connectivity index (χ0n) is 11.6. The van der Waals surface area contributed by atoms with Crippen molar-refractivity contribution in [2.75, 3.05) is 0 Å². The Hall–Kier alpha value is -2.12. The number of nitriles is 1. The largest absolute Gasteiger partial charge is 0.324 e. The first-order chi connectivity index (χ1) is 9.74. The molecule has 0 spiro atoms. The summed E-state index contributed by atoms with van der Waals surface area (Å²) in [6, 6.07) is 7.91. The number of hydrogen-bond acceptors (Lipinski definition) is 3. The summed E-state index contributed by atoms with van der Waals surface area (Å²) in [7, 11) is 0. The van der Waals surface area contributed by atoms with E-state index < -0.39 is 0 Å². The lowest BCUT2D eigenvalue weighted by Crippen LogP contribution is -1.99. The maximum atomic E-state index is 9.02. The molecule has 0 N–H and O–H groups in total. The first-order valence-electron chi connectivity index (χ1n) is 6.68. The zero-order chi connectivity index (χ0) is 14.1. The second-order valence-electron chi connectivity index (χ2n) is 4.87. The summed E-state index contributed by atoms with van der Waals surface area (Å²) in [5, 5.41) is 13.3. The highest BCUT2D eigenvalue weighted by molar-refractivity contribution is 7.08. The van der Waals surface area contributed by atoms with Gasteiger partial charge in [-0.25, -0.2) is 4.98 Å². The fraction of sp³-hybridized carbons (Fsp3) is 0.250. The van der Waals surface area contributed by atoms with Crippen LogP contribution in [0.25, 0.3) is 22.4 Å². The van der Waals surface area contributed by atoms with Crippen molar-refractivity contribution in [2.45, 2.75) is 26.8 Å². The van der Waals surface area contributed by atoms with Crippen LogP contribution in [-0.4, -0.2) is 9.55 Å². The van der Waals surface area contributed by atoms with Crippen LogP contribution in [0, 0.1) is 18.3 Å². The quantitative estimate of drug-likeness (QED) is 0.716. The minimum absolute atomic E-state index is 0.659. The Morgan fingerprint density at radius 2 is 2.20 bits per heavy atom. The number of thiophene rings is 1. The van der Waals surface area contributed by atoms with Crippen molar-refractivity contribution in [3.63, 3.8) is 0 Å². The van der Waals surface area contributed by atoms with Crippen LogP contribution in [0.5, 0.6) is 0 Å². The van der Waals surface area contributed by atoms with Gasteiger partial charge < -0.3 is 4.57 Å². The lowest BCUT2D eigenvalue weighted by atomic mass is 10.2. The minimum Gasteiger partial charge on any atom is -0.324 e. The molecule has 0 unspecified atom stereocenters. The number of imidazole rings is 1. The van der Waals surface area contributed by atoms with E-state index in [2.05, 4.69) is 35.2 Å². The molecule has 2 aromatic heterocycles. The van der Waals surface area contributed by atoms with Gasteiger partial charge in [-0.05, 0) is 42.5 Å². The fourth-order valence-corrected chi connectivity index (χ4v) is 3.27. The molecule has 100 valence electrons. The monoisotopic (exact) mass is 281 g/mol. The first kappa shape index (κ1) is 12.9. The highest BCUT2D eigenvalue weighted by Gasteiger charge is 2.14. The summed E-state index contributed by atoms with van der Waals surface area (Å²) < 4.78 is 2.26. The number of benzene rings is 1. The van der Waals surface area contributed by atoms with Gasteiger partial charge >= 0.3 is 0 Å². The van der Waals surface area contributed by atoms with Gasteiger partial charge in [-0.1, -0.05) is 6.92 Å². The average Bonchev–Trinajstić information content (AvgIpc) is 3.02. The van der Waals surface area contributed by atoms with Crippen molar-refractivity contribution >= 4 is 22.4 Å². The van der Waals surface area contributed by atoms with E-state index in [4.69, 9.17) is 10.2 Å². The third-order valence-electron chi connectivity index (χ3n) is 3.42. The third kappa shape index (κ3) is 2.00. The molecule has 1 aromatic carbocycles. The molecule has 0 aliphatic rings. The van der Waals surface area contributed by atoms with Gasteiger partial charge in [0.2, 0.25) is 0 Å². The van der Waals surface area contributed by atoms with E-state index in [-0.39, 0.29) is 0 Å². The van der Waals surface area contributed by atoms with Crippen molar-refractivity contribution in [3.05, 3.63) is 40.1 Å². The minimum atomic E-state index is 0.659. The van der Waals surface area contributed by atoms with Crippen LogP contribution >= 0.6 is 11.3 Å². The zero-order valence-corrected chi connectivity index (χ0v) is 12.4. The van der Waals surface area contributed by atoms with Gasteiger partial charge in [0, 0.05) is 17.5 Å². The Kier molecular flexibility index (Phi) is 3.29. The van der Waals surface area contributed by atoms with Crippen LogP contribution in [0.2, 0.25) is 0 Å². The van der Waals surface area contributed by atoms with Crippen LogP contribution in [-0.2, 0) is 6.54 Å². The first-order valence-corrected chi connectivity index (χ1v) is 7.62. The molecule has 0 bridgehead atoms. The van der Waals surface area contributed by atoms with Crippen molar-refractivity contribution in [1.82, 2.24) is 9.55 Å². The highest BCUT2D eigenvalue weighted by atomic mass is 32.1. The molecule has 3 aromatic rings. The summed E-state index contributed by atoms with van der Waals surface area (Å²) in [5.74, 6) is 1.01. The summed E-state index contributed by atoms with van der Waals surface area (Å²) in [6.07, 6.45) is 1.06. The van der Waals surface area contributed by atoms with Crippen molar-refractivity contribution < 1.29 is 0 Å². The Labute approximate surface area is 122 Å². The maximum Gasteiger partial charge on any atom is 0.142 e. The topological polar surface area (TPSA) is 41.6 Å². The third-order valence-corrected chi connectivity index (χ3v) is 4.28. The second kappa shape index (κ2) is 5.10. The normalized spacial score (nSPS) is 10.8. The molecule has 0 aliphatic carbocycles. The lowest BCUT2D eigenvalue weighted by molar-refractivity contribution is 0.704. The molecule has 4 heteroatoms. The van der Waals surface area contributed by atoms with E-state index in [1.807, 2.05) is 18.2 Å². The Bertz CT molecular complexity index is 805. The fourth-order valence-electron chi connectivity index (χ4n) is 2.44. The lowest BCUT2D eigenvalue weighted by Gasteiger charge is -2.07. The summed E-state index contributed by atoms with van der Waals surface area (Å²) in [4.78, 5) is 4.76. The van der Waals surface area contributed by atoms with E-state index in [1.54, 1.807) is 11.3 Å². The Morgan fingerprint density at radius 3 is 2.85 bits per heavy atom. The van der Waals surface area contributed by atoms with Crippen LogP contribution < -0.4 is 0 Å². The van der Waals surface area contributed by atoms with E-state index in [1.165, 1.54) is 11.1 Å². The summed E-state index contributed by atoms with van der Waals surface area (Å²) in [5.41, 5.74) is 5.11. The SMILES string of the molecule is CCCn1c(-c2cscc2C)nc2cc(C#N)ccc21. The molecule has 0 saturated heterocycles. The number of aryl methyl sites for hydroxylation is 2. The van der Waals surface area contributed by atoms with Crippen LogP contribution in [0.4, 0.5) is 0 Å². The van der Waals surface area contributed by atoms with Gasteiger partial charge in [0.25, 0.3) is 0 Å². The average molecular weight is 281 g/mol. The number of fused-ring (bicyclic) bond motifs is 1. The van der Waals surface area contributed by atoms with Gasteiger partial charge in [-0.2, -0.15) is 16.6 Å². The van der Waals surface area contributed by atoms with Gasteiger partial charge in [-0.15, -0.1) is 0 Å². The predicted octanol–water partition coefficient (Wildman–Crippen LogP) is 4.35. The maximum absolute atomic E-state index is 9.02. The molecular weight excluding hydrogens is 266 g/mol. The number of aromatic nitrogens is 2. The molecule has 3 rings (SSSR count). The molecule has 3 nitrogen and oxygen atoms in total. The molecule has 0 amide bonds. The van der Waals surface area contributed by atoms with Crippen molar-refractivity contribution in [3.8, 4) is 17.5 Å². The van der Waals surface area contributed by atoms with Crippen molar-refractivity contribution in [2.24, 2.45) is 0 Å². The van der Waals surface area contributed by atoms with E-state index in [0.29, 0.717) is 5.56 Å². The molecule has 0 atom stereocenters. The number of nitrogens with zero attached hydrogens (tertiary/aromatic N) is 3. The van der Waals surface area contributed by atoms with Crippen LogP contribution in [0.15, 0.2) is 29.0 Å². The number of hydrogen-bond donors (Lipinski definition) is 0. The van der Waals surface area contributed by atoms with Gasteiger partial charge in [0.15, 0.2) is 0 Å². The molecule has 0 aliphatic heterocycles. The highest BCUT2D eigenvalue weighted by Crippen LogP contribution is 2.30. The molecule has 0 fully saturated rings. The van der Waals surface area contributed by atoms with E-state index in [9.17, 15) is 0 Å². The Balaban J connectivity index is 2.28. The number of rotatable bonds is 3. The van der Waals surface area contributed by atoms with E-state index in [0.717, 1.165) is 29.8 Å². The van der Waals surface area contributed by atoms with E-state index >= 15 is 0 Å². The summed E-state index contributed by atoms with van der Waals surface area (Å²) >= 11 is 1.70. The molecule has 0 radical (unpaired) electrons. The second-order valence-corrected chi connectivity index (χ2v) is 5.61. The van der Waals surface area contributed by atoms with Gasteiger partial charge in [0.05, 0.1) is 22.7 Å². The smallest absolute Gasteiger partial charge is 0.142 e. The van der Waals surface area contributed by atoms with Crippen LogP contribution in [0.3, 0.4) is 0 Å². The van der Waals surface area contributed by atoms with Crippen molar-refractivity contribution in [1.29, 1.82) is 5.26 Å². The molecule has 2 heterocycles. The predicted molar refractivity (Wildman–Crippen MR) is 82.8 cm³/mol. The Morgan fingerprint density at radius 1 is 1.35 bits per heavy atom. The van der Waals surface area contributed by atoms with Gasteiger partial charge in [0.1, 0.15) is 5.82 Å². The summed E-state index contributed by atoms with van der Waals surface area (Å²) in [6.45, 7) is 5.22. The van der Waals surface area contributed by atoms with Gasteiger partial charge in [-0.3, -0.25) is 0 Å². The molecule has 0 saturated carbocycles. The molecule has 20 heavy (non-hydrogen) atoms. The molecular formula is C16H15N3S. The standard InChI is InChI=1S/C16H15N3S/c1-3-6-19-15-5-4-12(8-17)7-14(15)18-16(19)13-10-20-9-11(13)2/h4-5,7,9-10H,3,6H2,1-2H3.